The zero-order valence-electron chi connectivity index (χ0n) is 12.1. The number of hydrogen-bond acceptors (Lipinski definition) is 5. The minimum absolute atomic E-state index is 0.106. The van der Waals surface area contributed by atoms with Gasteiger partial charge in [0.25, 0.3) is 0 Å². The number of nitrogens with zero attached hydrogens (tertiary/aromatic N) is 1. The van der Waals surface area contributed by atoms with Crippen molar-refractivity contribution in [3.05, 3.63) is 0 Å². The summed E-state index contributed by atoms with van der Waals surface area (Å²) in [6, 6.07) is -0.502. The van der Waals surface area contributed by atoms with E-state index < -0.39 is 6.03 Å². The molecule has 1 atom stereocenters. The number of rotatable bonds is 5. The smallest absolute Gasteiger partial charge is 0.321 e. The van der Waals surface area contributed by atoms with Crippen LogP contribution in [0.1, 0.15) is 26.2 Å². The highest BCUT2D eigenvalue weighted by molar-refractivity contribution is 5.94. The van der Waals surface area contributed by atoms with Gasteiger partial charge in [-0.2, -0.15) is 0 Å². The number of nitrogens with one attached hydrogen (secondary N) is 2. The van der Waals surface area contributed by atoms with Crippen LogP contribution in [0.3, 0.4) is 0 Å². The Balaban J connectivity index is 2.31. The second-order valence-corrected chi connectivity index (χ2v) is 4.77. The number of esters is 1. The van der Waals surface area contributed by atoms with Crippen molar-refractivity contribution < 1.29 is 19.1 Å². The number of hydrogen-bond donors (Lipinski definition) is 2. The molecule has 0 aliphatic carbocycles. The molecule has 1 rings (SSSR count). The van der Waals surface area contributed by atoms with Gasteiger partial charge in [0, 0.05) is 26.6 Å². The fourth-order valence-electron chi connectivity index (χ4n) is 2.22. The molecule has 7 nitrogen and oxygen atoms in total. The van der Waals surface area contributed by atoms with Crippen LogP contribution in [0.2, 0.25) is 0 Å². The van der Waals surface area contributed by atoms with Crippen molar-refractivity contribution in [1.29, 1.82) is 0 Å². The van der Waals surface area contributed by atoms with Crippen LogP contribution in [0.4, 0.5) is 4.79 Å². The summed E-state index contributed by atoms with van der Waals surface area (Å²) in [5.41, 5.74) is 0. The highest BCUT2D eigenvalue weighted by Crippen LogP contribution is 2.17. The summed E-state index contributed by atoms with van der Waals surface area (Å²) in [4.78, 5) is 36.2. The molecule has 2 N–H and O–H groups in total. The number of carbonyl (C=O) groups excluding carboxylic acids is 3. The van der Waals surface area contributed by atoms with Crippen LogP contribution in [0, 0.1) is 5.92 Å². The Morgan fingerprint density at radius 3 is 2.75 bits per heavy atom. The third-order valence-corrected chi connectivity index (χ3v) is 3.26. The summed E-state index contributed by atoms with van der Waals surface area (Å²) in [7, 11) is 1.46. The Bertz CT molecular complexity index is 360. The topological polar surface area (TPSA) is 87.7 Å². The van der Waals surface area contributed by atoms with E-state index in [0.29, 0.717) is 19.7 Å². The Hall–Kier alpha value is -1.63. The van der Waals surface area contributed by atoms with Crippen LogP contribution in [0.25, 0.3) is 0 Å². The molecule has 20 heavy (non-hydrogen) atoms. The summed E-state index contributed by atoms with van der Waals surface area (Å²) in [6.07, 6.45) is 1.99. The molecule has 3 amide bonds. The standard InChI is InChI=1S/C13H23N3O4/c1-3-20-12(18)10-5-4-7-16(9-10)8-6-11(17)15-13(19)14-2/h10H,3-9H2,1-2H3,(H2,14,15,17,19). The number of amides is 3. The molecule has 1 unspecified atom stereocenters. The van der Waals surface area contributed by atoms with Crippen molar-refractivity contribution in [2.24, 2.45) is 5.92 Å². The number of piperidine rings is 1. The lowest BCUT2D eigenvalue weighted by atomic mass is 9.98. The molecule has 7 heteroatoms. The highest BCUT2D eigenvalue weighted by atomic mass is 16.5. The van der Waals surface area contributed by atoms with E-state index >= 15 is 0 Å². The van der Waals surface area contributed by atoms with E-state index in [0.717, 1.165) is 19.4 Å². The second-order valence-electron chi connectivity index (χ2n) is 4.77. The van der Waals surface area contributed by atoms with Crippen molar-refractivity contribution in [2.75, 3.05) is 33.3 Å². The third-order valence-electron chi connectivity index (χ3n) is 3.26. The van der Waals surface area contributed by atoms with Crippen LogP contribution in [-0.4, -0.2) is 56.1 Å². The van der Waals surface area contributed by atoms with E-state index in [-0.39, 0.29) is 24.2 Å². The molecule has 114 valence electrons. The average Bonchev–Trinajstić information content (AvgIpc) is 2.45. The molecule has 0 radical (unpaired) electrons. The van der Waals surface area contributed by atoms with Gasteiger partial charge in [0.05, 0.1) is 12.5 Å². The largest absolute Gasteiger partial charge is 0.466 e. The van der Waals surface area contributed by atoms with Crippen LogP contribution in [0.15, 0.2) is 0 Å². The molecule has 1 saturated heterocycles. The van der Waals surface area contributed by atoms with Crippen molar-refractivity contribution in [3.63, 3.8) is 0 Å². The van der Waals surface area contributed by atoms with Gasteiger partial charge in [-0.15, -0.1) is 0 Å². The molecule has 1 aliphatic rings. The molecular weight excluding hydrogens is 262 g/mol. The Kier molecular flexibility index (Phi) is 7.00. The van der Waals surface area contributed by atoms with Crippen molar-refractivity contribution >= 4 is 17.9 Å². The summed E-state index contributed by atoms with van der Waals surface area (Å²) in [6.45, 7) is 4.21. The lowest BCUT2D eigenvalue weighted by Crippen LogP contribution is -2.42. The normalized spacial score (nSPS) is 19.2. The van der Waals surface area contributed by atoms with E-state index in [1.54, 1.807) is 6.92 Å². The van der Waals surface area contributed by atoms with Gasteiger partial charge in [-0.25, -0.2) is 4.79 Å². The third kappa shape index (κ3) is 5.56. The number of carbonyl (C=O) groups is 3. The maximum atomic E-state index is 11.7. The van der Waals surface area contributed by atoms with Gasteiger partial charge in [-0.05, 0) is 26.3 Å². The fourth-order valence-corrected chi connectivity index (χ4v) is 2.22. The molecule has 1 aliphatic heterocycles. The van der Waals surface area contributed by atoms with Crippen molar-refractivity contribution in [3.8, 4) is 0 Å². The summed E-state index contributed by atoms with van der Waals surface area (Å²) in [5.74, 6) is -0.583. The summed E-state index contributed by atoms with van der Waals surface area (Å²) < 4.78 is 5.02. The first-order valence-corrected chi connectivity index (χ1v) is 6.97. The Morgan fingerprint density at radius 1 is 1.35 bits per heavy atom. The quantitative estimate of drug-likeness (QED) is 0.700. The maximum Gasteiger partial charge on any atom is 0.321 e. The number of ether oxygens (including phenoxy) is 1. The lowest BCUT2D eigenvalue weighted by molar-refractivity contribution is -0.149. The van der Waals surface area contributed by atoms with Gasteiger partial charge in [-0.1, -0.05) is 0 Å². The molecule has 1 heterocycles. The highest BCUT2D eigenvalue weighted by Gasteiger charge is 2.26. The van der Waals surface area contributed by atoms with E-state index in [1.807, 2.05) is 0 Å². The molecule has 0 saturated carbocycles. The van der Waals surface area contributed by atoms with Crippen LogP contribution in [0.5, 0.6) is 0 Å². The SMILES string of the molecule is CCOC(=O)C1CCCN(CCC(=O)NC(=O)NC)C1. The molecule has 0 aromatic carbocycles. The zero-order valence-corrected chi connectivity index (χ0v) is 12.1. The molecular formula is C13H23N3O4. The predicted octanol–water partition coefficient (Wildman–Crippen LogP) is 0.107. The van der Waals surface area contributed by atoms with E-state index in [4.69, 9.17) is 4.74 Å². The monoisotopic (exact) mass is 285 g/mol. The van der Waals surface area contributed by atoms with Crippen LogP contribution < -0.4 is 10.6 Å². The molecule has 0 bridgehead atoms. The fraction of sp³-hybridized carbons (Fsp3) is 0.769. The van der Waals surface area contributed by atoms with E-state index in [2.05, 4.69) is 15.5 Å². The zero-order chi connectivity index (χ0) is 15.0. The van der Waals surface area contributed by atoms with Gasteiger partial charge < -0.3 is 15.0 Å². The van der Waals surface area contributed by atoms with Crippen LogP contribution >= 0.6 is 0 Å². The van der Waals surface area contributed by atoms with Gasteiger partial charge in [-0.3, -0.25) is 14.9 Å². The number of urea groups is 1. The molecule has 1 fully saturated rings. The van der Waals surface area contributed by atoms with Crippen molar-refractivity contribution in [1.82, 2.24) is 15.5 Å². The van der Waals surface area contributed by atoms with Gasteiger partial charge >= 0.3 is 12.0 Å². The van der Waals surface area contributed by atoms with Gasteiger partial charge in [0.1, 0.15) is 0 Å². The van der Waals surface area contributed by atoms with Crippen molar-refractivity contribution in [2.45, 2.75) is 26.2 Å². The van der Waals surface area contributed by atoms with Crippen LogP contribution in [-0.2, 0) is 14.3 Å². The Morgan fingerprint density at radius 2 is 2.10 bits per heavy atom. The predicted molar refractivity (Wildman–Crippen MR) is 73.0 cm³/mol. The summed E-state index contributed by atoms with van der Waals surface area (Å²) in [5, 5.41) is 4.54. The summed E-state index contributed by atoms with van der Waals surface area (Å²) >= 11 is 0. The Labute approximate surface area is 119 Å². The first-order valence-electron chi connectivity index (χ1n) is 6.97. The molecule has 0 aromatic heterocycles. The van der Waals surface area contributed by atoms with E-state index in [9.17, 15) is 14.4 Å². The van der Waals surface area contributed by atoms with Gasteiger partial charge in [0.15, 0.2) is 0 Å². The number of imide groups is 1. The average molecular weight is 285 g/mol. The minimum Gasteiger partial charge on any atom is -0.466 e. The van der Waals surface area contributed by atoms with E-state index in [1.165, 1.54) is 7.05 Å². The molecule has 0 aromatic rings. The number of likely N-dealkylation sites (tertiary alicyclic amines) is 1. The second kappa shape index (κ2) is 8.52. The molecule has 0 spiro atoms. The lowest BCUT2D eigenvalue weighted by Gasteiger charge is -2.31. The first-order chi connectivity index (χ1) is 9.56. The van der Waals surface area contributed by atoms with Gasteiger partial charge in [0.2, 0.25) is 5.91 Å². The first kappa shape index (κ1) is 16.4. The maximum absolute atomic E-state index is 11.7. The minimum atomic E-state index is -0.502.